The molecule has 0 aromatic heterocycles. The van der Waals surface area contributed by atoms with Gasteiger partial charge in [-0.3, -0.25) is 0 Å². The second-order valence-corrected chi connectivity index (χ2v) is 3.96. The zero-order valence-corrected chi connectivity index (χ0v) is 9.93. The highest BCUT2D eigenvalue weighted by atomic mass is 19.4. The number of allylic oxidation sites excluding steroid dienone is 1. The van der Waals surface area contributed by atoms with Crippen molar-refractivity contribution >= 4 is 11.5 Å². The van der Waals surface area contributed by atoms with Gasteiger partial charge in [0.2, 0.25) is 0 Å². The van der Waals surface area contributed by atoms with E-state index in [0.29, 0.717) is 18.2 Å². The van der Waals surface area contributed by atoms with Crippen molar-refractivity contribution in [2.75, 3.05) is 0 Å². The Morgan fingerprint density at radius 1 is 1.00 bits per heavy atom. The van der Waals surface area contributed by atoms with Crippen LogP contribution in [-0.4, -0.2) is 11.1 Å². The smallest absolute Gasteiger partial charge is 0.416 e. The van der Waals surface area contributed by atoms with E-state index in [1.54, 1.807) is 0 Å². The molecule has 110 valence electrons. The molecule has 1 aromatic rings. The van der Waals surface area contributed by atoms with Crippen LogP contribution in [0.1, 0.15) is 23.6 Å². The molecule has 1 rings (SSSR count). The predicted molar refractivity (Wildman–Crippen MR) is 57.7 cm³/mol. The van der Waals surface area contributed by atoms with Crippen molar-refractivity contribution in [1.82, 2.24) is 0 Å². The molecule has 0 saturated heterocycles. The molecule has 0 spiro atoms. The molecule has 0 amide bonds. The summed E-state index contributed by atoms with van der Waals surface area (Å²) in [4.78, 5) is 10.4. The Morgan fingerprint density at radius 2 is 1.40 bits per heavy atom. The maximum atomic E-state index is 12.6. The molecule has 8 heteroatoms. The molecule has 0 heterocycles. The van der Waals surface area contributed by atoms with Gasteiger partial charge < -0.3 is 5.11 Å². The summed E-state index contributed by atoms with van der Waals surface area (Å²) in [6, 6.07) is 0.936. The molecule has 0 bridgehead atoms. The van der Waals surface area contributed by atoms with Crippen LogP contribution in [0.15, 0.2) is 24.3 Å². The Kier molecular flexibility index (Phi) is 4.16. The van der Waals surface area contributed by atoms with Gasteiger partial charge in [-0.15, -0.1) is 0 Å². The molecule has 2 nitrogen and oxygen atoms in total. The molecule has 0 saturated carbocycles. The number of hydrogen-bond acceptors (Lipinski definition) is 1. The molecular weight excluding hydrogens is 290 g/mol. The van der Waals surface area contributed by atoms with E-state index in [1.165, 1.54) is 0 Å². The second kappa shape index (κ2) is 5.18. The van der Waals surface area contributed by atoms with Crippen molar-refractivity contribution in [3.63, 3.8) is 0 Å². The van der Waals surface area contributed by atoms with Gasteiger partial charge in [-0.25, -0.2) is 4.79 Å². The number of carboxylic acid groups (broad SMARTS) is 1. The first-order valence-corrected chi connectivity index (χ1v) is 5.12. The SMILES string of the molecule is CC(=CC(=O)O)c1cc(C(F)(F)F)cc(C(F)(F)F)c1. The van der Waals surface area contributed by atoms with Gasteiger partial charge in [-0.2, -0.15) is 26.3 Å². The lowest BCUT2D eigenvalue weighted by Crippen LogP contribution is -2.11. The number of halogens is 6. The van der Waals surface area contributed by atoms with E-state index in [-0.39, 0.29) is 11.6 Å². The third kappa shape index (κ3) is 4.01. The number of aliphatic carboxylic acids is 1. The summed E-state index contributed by atoms with van der Waals surface area (Å²) >= 11 is 0. The average molecular weight is 298 g/mol. The molecular formula is C12H8F6O2. The van der Waals surface area contributed by atoms with E-state index in [0.717, 1.165) is 6.92 Å². The summed E-state index contributed by atoms with van der Waals surface area (Å²) in [6.45, 7) is 1.11. The van der Waals surface area contributed by atoms with E-state index in [9.17, 15) is 31.1 Å². The van der Waals surface area contributed by atoms with Crippen molar-refractivity contribution in [2.24, 2.45) is 0 Å². The van der Waals surface area contributed by atoms with Crippen LogP contribution in [0.5, 0.6) is 0 Å². The third-order valence-corrected chi connectivity index (χ3v) is 2.38. The van der Waals surface area contributed by atoms with Crippen LogP contribution in [0, 0.1) is 0 Å². The standard InChI is InChI=1S/C12H8F6O2/c1-6(2-10(19)20)7-3-8(11(13,14)15)5-9(4-7)12(16,17)18/h2-5H,1H3,(H,19,20). The van der Waals surface area contributed by atoms with E-state index >= 15 is 0 Å². The third-order valence-electron chi connectivity index (χ3n) is 2.38. The Bertz CT molecular complexity index is 522. The van der Waals surface area contributed by atoms with Crippen LogP contribution < -0.4 is 0 Å². The number of carboxylic acids is 1. The van der Waals surface area contributed by atoms with E-state index < -0.39 is 35.0 Å². The van der Waals surface area contributed by atoms with E-state index in [2.05, 4.69) is 0 Å². The first-order chi connectivity index (χ1) is 8.91. The molecule has 1 N–H and O–H groups in total. The second-order valence-electron chi connectivity index (χ2n) is 3.96. The molecule has 0 radical (unpaired) electrons. The van der Waals surface area contributed by atoms with Crippen molar-refractivity contribution in [3.8, 4) is 0 Å². The molecule has 0 atom stereocenters. The fourth-order valence-corrected chi connectivity index (χ4v) is 1.45. The topological polar surface area (TPSA) is 37.3 Å². The first-order valence-electron chi connectivity index (χ1n) is 5.12. The highest BCUT2D eigenvalue weighted by Crippen LogP contribution is 2.37. The maximum absolute atomic E-state index is 12.6. The number of carbonyl (C=O) groups is 1. The van der Waals surface area contributed by atoms with Gasteiger partial charge in [0.25, 0.3) is 0 Å². The van der Waals surface area contributed by atoms with Crippen molar-refractivity contribution in [2.45, 2.75) is 19.3 Å². The molecule has 0 fully saturated rings. The zero-order valence-electron chi connectivity index (χ0n) is 9.93. The predicted octanol–water partition coefficient (Wildman–Crippen LogP) is 4.21. The van der Waals surface area contributed by atoms with Crippen molar-refractivity contribution in [1.29, 1.82) is 0 Å². The summed E-state index contributed by atoms with van der Waals surface area (Å²) in [7, 11) is 0. The number of benzene rings is 1. The molecule has 0 unspecified atom stereocenters. The van der Waals surface area contributed by atoms with Gasteiger partial charge in [-0.05, 0) is 36.3 Å². The largest absolute Gasteiger partial charge is 0.478 e. The zero-order chi connectivity index (χ0) is 15.7. The fourth-order valence-electron chi connectivity index (χ4n) is 1.45. The summed E-state index contributed by atoms with van der Waals surface area (Å²) in [5.74, 6) is -1.46. The highest BCUT2D eigenvalue weighted by molar-refractivity contribution is 5.89. The van der Waals surface area contributed by atoms with Crippen molar-refractivity contribution < 1.29 is 36.2 Å². The molecule has 20 heavy (non-hydrogen) atoms. The molecule has 1 aromatic carbocycles. The minimum Gasteiger partial charge on any atom is -0.478 e. The van der Waals surface area contributed by atoms with Crippen molar-refractivity contribution in [3.05, 3.63) is 41.0 Å². The summed E-state index contributed by atoms with van der Waals surface area (Å²) in [6.07, 6.45) is -9.38. The molecule has 0 aliphatic carbocycles. The van der Waals surface area contributed by atoms with Gasteiger partial charge >= 0.3 is 18.3 Å². The van der Waals surface area contributed by atoms with Crippen LogP contribution in [-0.2, 0) is 17.1 Å². The average Bonchev–Trinajstić information content (AvgIpc) is 2.25. The molecule has 0 aliphatic heterocycles. The quantitative estimate of drug-likeness (QED) is 0.656. The van der Waals surface area contributed by atoms with Gasteiger partial charge in [0.15, 0.2) is 0 Å². The number of hydrogen-bond donors (Lipinski definition) is 1. The normalized spacial score (nSPS) is 13.4. The molecule has 0 aliphatic rings. The van der Waals surface area contributed by atoms with Gasteiger partial charge in [0.05, 0.1) is 11.1 Å². The number of alkyl halides is 6. The number of rotatable bonds is 2. The Labute approximate surface area is 109 Å². The lowest BCUT2D eigenvalue weighted by Gasteiger charge is -2.14. The van der Waals surface area contributed by atoms with Crippen LogP contribution >= 0.6 is 0 Å². The fraction of sp³-hybridized carbons (Fsp3) is 0.250. The van der Waals surface area contributed by atoms with Gasteiger partial charge in [0.1, 0.15) is 0 Å². The van der Waals surface area contributed by atoms with Gasteiger partial charge in [-0.1, -0.05) is 0 Å². The lowest BCUT2D eigenvalue weighted by molar-refractivity contribution is -0.143. The van der Waals surface area contributed by atoms with Crippen LogP contribution in [0.2, 0.25) is 0 Å². The monoisotopic (exact) mass is 298 g/mol. The Morgan fingerprint density at radius 3 is 1.70 bits per heavy atom. The van der Waals surface area contributed by atoms with Gasteiger partial charge in [0, 0.05) is 6.08 Å². The van der Waals surface area contributed by atoms with E-state index in [1.807, 2.05) is 0 Å². The Hall–Kier alpha value is -1.99. The summed E-state index contributed by atoms with van der Waals surface area (Å²) in [5, 5.41) is 8.48. The summed E-state index contributed by atoms with van der Waals surface area (Å²) < 4.78 is 75.4. The Balaban J connectivity index is 3.50. The minimum atomic E-state index is -4.96. The van der Waals surface area contributed by atoms with E-state index in [4.69, 9.17) is 5.11 Å². The van der Waals surface area contributed by atoms with Crippen LogP contribution in [0.4, 0.5) is 26.3 Å². The summed E-state index contributed by atoms with van der Waals surface area (Å²) in [5.41, 5.74) is -3.63. The first kappa shape index (κ1) is 16.1. The maximum Gasteiger partial charge on any atom is 0.416 e. The van der Waals surface area contributed by atoms with Crippen LogP contribution in [0.3, 0.4) is 0 Å². The minimum absolute atomic E-state index is 0.0163. The van der Waals surface area contributed by atoms with Crippen LogP contribution in [0.25, 0.3) is 5.57 Å². The highest BCUT2D eigenvalue weighted by Gasteiger charge is 2.36. The lowest BCUT2D eigenvalue weighted by atomic mass is 10.00.